The Labute approximate surface area is 189 Å². The summed E-state index contributed by atoms with van der Waals surface area (Å²) in [4.78, 5) is 28.8. The molecule has 8 heteroatoms. The minimum absolute atomic E-state index is 0.188. The molecule has 0 aliphatic carbocycles. The number of aliphatic hydroxyl groups is 2. The zero-order valence-corrected chi connectivity index (χ0v) is 18.8. The number of hydrogen-bond donors (Lipinski definition) is 2. The number of amides is 2. The molecule has 0 aliphatic heterocycles. The first-order valence-electron chi connectivity index (χ1n) is 10.6. The first-order valence-corrected chi connectivity index (χ1v) is 10.6. The number of hydrogen-bond acceptors (Lipinski definition) is 6. The highest BCUT2D eigenvalue weighted by molar-refractivity contribution is 5.71. The van der Waals surface area contributed by atoms with E-state index in [1.54, 1.807) is 20.8 Å². The van der Waals surface area contributed by atoms with Crippen molar-refractivity contribution in [2.24, 2.45) is 0 Å². The predicted molar refractivity (Wildman–Crippen MR) is 119 cm³/mol. The maximum absolute atomic E-state index is 13.0. The monoisotopic (exact) mass is 444 g/mol. The number of rotatable bonds is 10. The molecule has 32 heavy (non-hydrogen) atoms. The largest absolute Gasteiger partial charge is 0.444 e. The lowest BCUT2D eigenvalue weighted by molar-refractivity contribution is -0.0127. The van der Waals surface area contributed by atoms with Gasteiger partial charge in [0.15, 0.2) is 0 Å². The van der Waals surface area contributed by atoms with E-state index in [1.807, 2.05) is 60.7 Å². The Morgan fingerprint density at radius 2 is 1.06 bits per heavy atom. The van der Waals surface area contributed by atoms with Crippen LogP contribution in [0.2, 0.25) is 0 Å². The molecular formula is C24H32N2O6. The van der Waals surface area contributed by atoms with Crippen molar-refractivity contribution in [1.29, 1.82) is 0 Å². The van der Waals surface area contributed by atoms with Gasteiger partial charge >= 0.3 is 12.2 Å². The molecule has 2 atom stereocenters. The summed E-state index contributed by atoms with van der Waals surface area (Å²) >= 11 is 0. The topological polar surface area (TPSA) is 99.5 Å². The molecule has 2 N–H and O–H groups in total. The van der Waals surface area contributed by atoms with Crippen molar-refractivity contribution in [3.63, 3.8) is 0 Å². The van der Waals surface area contributed by atoms with Crippen molar-refractivity contribution >= 4 is 12.2 Å². The number of nitrogens with zero attached hydrogens (tertiary/aromatic N) is 2. The minimum Gasteiger partial charge on any atom is -0.444 e. The quantitative estimate of drug-likeness (QED) is 0.545. The van der Waals surface area contributed by atoms with Crippen molar-refractivity contribution in [3.8, 4) is 0 Å². The molecule has 2 amide bonds. The second-order valence-electron chi connectivity index (χ2n) is 7.61. The van der Waals surface area contributed by atoms with Crippen LogP contribution in [0, 0.1) is 0 Å². The van der Waals surface area contributed by atoms with Crippen LogP contribution in [0.25, 0.3) is 0 Å². The van der Waals surface area contributed by atoms with E-state index in [2.05, 4.69) is 0 Å². The summed E-state index contributed by atoms with van der Waals surface area (Å²) in [7, 11) is 0. The molecule has 0 aromatic heterocycles. The highest BCUT2D eigenvalue weighted by Crippen LogP contribution is 2.18. The second kappa shape index (κ2) is 12.7. The smallest absolute Gasteiger partial charge is 0.412 e. The first kappa shape index (κ1) is 25.2. The van der Waals surface area contributed by atoms with Crippen LogP contribution in [0.15, 0.2) is 60.7 Å². The van der Waals surface area contributed by atoms with Gasteiger partial charge in [-0.2, -0.15) is 0 Å². The lowest BCUT2D eigenvalue weighted by atomic mass is 10.2. The molecule has 2 rings (SSSR count). The lowest BCUT2D eigenvalue weighted by Gasteiger charge is -2.37. The van der Waals surface area contributed by atoms with E-state index in [-0.39, 0.29) is 26.3 Å². The van der Waals surface area contributed by atoms with Gasteiger partial charge in [0.2, 0.25) is 0 Å². The normalized spacial score (nSPS) is 13.5. The lowest BCUT2D eigenvalue weighted by Crippen LogP contribution is -2.52. The summed E-state index contributed by atoms with van der Waals surface area (Å²) in [5.74, 6) is 0. The van der Waals surface area contributed by atoms with Gasteiger partial charge in [0.1, 0.15) is 18.4 Å². The highest BCUT2D eigenvalue weighted by atomic mass is 16.6. The fourth-order valence-electron chi connectivity index (χ4n) is 2.98. The van der Waals surface area contributed by atoms with Crippen molar-refractivity contribution in [2.75, 3.05) is 13.2 Å². The Hall–Kier alpha value is -3.10. The molecule has 2 unspecified atom stereocenters. The van der Waals surface area contributed by atoms with Crippen LogP contribution < -0.4 is 0 Å². The fraction of sp³-hybridized carbons (Fsp3) is 0.417. The molecule has 0 aliphatic rings. The summed E-state index contributed by atoms with van der Waals surface area (Å²) in [5.41, 5.74) is 1.70. The van der Waals surface area contributed by atoms with Gasteiger partial charge in [0.25, 0.3) is 0 Å². The number of benzene rings is 2. The Bertz CT molecular complexity index is 763. The number of carbonyl (C=O) groups is 2. The number of aliphatic hydroxyl groups excluding tert-OH is 2. The molecule has 2 aromatic carbocycles. The summed E-state index contributed by atoms with van der Waals surface area (Å²) < 4.78 is 10.7. The van der Waals surface area contributed by atoms with Crippen LogP contribution in [0.3, 0.4) is 0 Å². The molecule has 0 fully saturated rings. The maximum Gasteiger partial charge on any atom is 0.412 e. The Kier molecular flexibility index (Phi) is 9.97. The zero-order valence-electron chi connectivity index (χ0n) is 18.8. The molecule has 0 saturated carbocycles. The van der Waals surface area contributed by atoms with E-state index in [0.29, 0.717) is 0 Å². The third-order valence-electron chi connectivity index (χ3n) is 4.88. The van der Waals surface area contributed by atoms with Crippen molar-refractivity contribution in [1.82, 2.24) is 9.80 Å². The van der Waals surface area contributed by atoms with Crippen LogP contribution in [-0.2, 0) is 22.6 Å². The van der Waals surface area contributed by atoms with Gasteiger partial charge in [-0.1, -0.05) is 60.7 Å². The van der Waals surface area contributed by atoms with Crippen LogP contribution in [-0.4, -0.2) is 63.8 Å². The van der Waals surface area contributed by atoms with Crippen LogP contribution in [0.5, 0.6) is 0 Å². The van der Waals surface area contributed by atoms with E-state index in [4.69, 9.17) is 9.47 Å². The zero-order chi connectivity index (χ0) is 23.5. The van der Waals surface area contributed by atoms with E-state index in [1.165, 1.54) is 9.80 Å². The van der Waals surface area contributed by atoms with Crippen LogP contribution in [0.4, 0.5) is 9.59 Å². The molecule has 0 saturated heterocycles. The summed E-state index contributed by atoms with van der Waals surface area (Å²) in [6, 6.07) is 18.7. The van der Waals surface area contributed by atoms with E-state index in [9.17, 15) is 19.8 Å². The molecule has 0 radical (unpaired) electrons. The Balaban J connectivity index is 2.35. The summed E-state index contributed by atoms with van der Waals surface area (Å²) in [5, 5.41) is 18.6. The fourth-order valence-corrected chi connectivity index (χ4v) is 2.98. The van der Waals surface area contributed by atoms with E-state index in [0.717, 1.165) is 11.1 Å². The van der Waals surface area contributed by atoms with Crippen molar-refractivity contribution in [2.45, 2.75) is 52.2 Å². The predicted octanol–water partition coefficient (Wildman–Crippen LogP) is 3.37. The van der Waals surface area contributed by atoms with Crippen molar-refractivity contribution in [3.05, 3.63) is 71.8 Å². The van der Waals surface area contributed by atoms with Gasteiger partial charge in [-0.15, -0.1) is 0 Å². The van der Waals surface area contributed by atoms with Crippen LogP contribution in [0.1, 0.15) is 31.9 Å². The number of carbonyl (C=O) groups excluding carboxylic acids is 2. The van der Waals surface area contributed by atoms with Gasteiger partial charge in [0.05, 0.1) is 26.3 Å². The standard InChI is InChI=1S/C24H32N2O6/c1-18(16-27)31-23(29)25(14-21-10-6-4-7-11-21)20(3)26(24(30)32-19(2)17-28)15-22-12-8-5-9-13-22/h4-13,18-20,27-28H,14-17H2,1-3H3. The maximum atomic E-state index is 13.0. The molecule has 174 valence electrons. The van der Waals surface area contributed by atoms with Gasteiger partial charge in [0, 0.05) is 0 Å². The Morgan fingerprint density at radius 1 is 0.719 bits per heavy atom. The van der Waals surface area contributed by atoms with Crippen LogP contribution >= 0.6 is 0 Å². The molecular weight excluding hydrogens is 412 g/mol. The van der Waals surface area contributed by atoms with Gasteiger partial charge in [-0.25, -0.2) is 9.59 Å². The third kappa shape index (κ3) is 7.55. The molecule has 8 nitrogen and oxygen atoms in total. The highest BCUT2D eigenvalue weighted by Gasteiger charge is 2.32. The molecule has 0 heterocycles. The minimum atomic E-state index is -0.743. The molecule has 2 aromatic rings. The van der Waals surface area contributed by atoms with Gasteiger partial charge in [-0.05, 0) is 31.9 Å². The van der Waals surface area contributed by atoms with E-state index < -0.39 is 30.6 Å². The van der Waals surface area contributed by atoms with Gasteiger partial charge < -0.3 is 19.7 Å². The average molecular weight is 445 g/mol. The first-order chi connectivity index (χ1) is 15.3. The SMILES string of the molecule is CC(CO)OC(=O)N(Cc1ccccc1)C(C)N(Cc1ccccc1)C(=O)OC(C)CO. The second-order valence-corrected chi connectivity index (χ2v) is 7.61. The number of ether oxygens (including phenoxy) is 2. The summed E-state index contributed by atoms with van der Waals surface area (Å²) in [6.07, 6.45) is -3.46. The van der Waals surface area contributed by atoms with E-state index >= 15 is 0 Å². The Morgan fingerprint density at radius 3 is 1.38 bits per heavy atom. The molecule has 0 bridgehead atoms. The molecule has 0 spiro atoms. The van der Waals surface area contributed by atoms with Gasteiger partial charge in [-0.3, -0.25) is 9.80 Å². The van der Waals surface area contributed by atoms with Crippen molar-refractivity contribution < 1.29 is 29.3 Å². The summed E-state index contributed by atoms with van der Waals surface area (Å²) in [6.45, 7) is 4.62. The third-order valence-corrected chi connectivity index (χ3v) is 4.88. The average Bonchev–Trinajstić information content (AvgIpc) is 2.81.